The Morgan fingerprint density at radius 2 is 1.96 bits per heavy atom. The molecule has 0 radical (unpaired) electrons. The van der Waals surface area contributed by atoms with Crippen LogP contribution in [0.3, 0.4) is 0 Å². The molecule has 2 rings (SSSR count). The number of nitrogens with one attached hydrogen (secondary N) is 1. The van der Waals surface area contributed by atoms with Crippen molar-refractivity contribution in [1.82, 2.24) is 0 Å². The third-order valence-corrected chi connectivity index (χ3v) is 4.79. The number of rotatable bonds is 7. The highest BCUT2D eigenvalue weighted by molar-refractivity contribution is 7.90. The quantitative estimate of drug-likeness (QED) is 0.457. The van der Waals surface area contributed by atoms with Gasteiger partial charge in [-0.3, -0.25) is 10.1 Å². The number of nitro groups is 1. The van der Waals surface area contributed by atoms with E-state index in [1.807, 2.05) is 18.2 Å². The van der Waals surface area contributed by atoms with Gasteiger partial charge in [0.05, 0.1) is 15.5 Å². The molecule has 0 heterocycles. The maximum atomic E-state index is 11.8. The fourth-order valence-corrected chi connectivity index (χ4v) is 3.37. The topological polar surface area (TPSA) is 89.3 Å². The van der Waals surface area contributed by atoms with Gasteiger partial charge in [-0.15, -0.1) is 0 Å². The van der Waals surface area contributed by atoms with Crippen LogP contribution in [0, 0.1) is 10.1 Å². The lowest BCUT2D eigenvalue weighted by Crippen LogP contribution is -2.08. The molecule has 2 aromatic rings. The number of anilines is 1. The van der Waals surface area contributed by atoms with Gasteiger partial charge in [0.1, 0.15) is 0 Å². The molecule has 0 fully saturated rings. The van der Waals surface area contributed by atoms with Crippen LogP contribution in [0.1, 0.15) is 12.0 Å². The zero-order valence-corrected chi connectivity index (χ0v) is 14.6. The SMILES string of the molecule is CS(=O)(=O)c1cc([N+](=O)[O-])ccc1NCCCc1cccc(Cl)c1. The third-order valence-electron chi connectivity index (χ3n) is 3.42. The minimum atomic E-state index is -3.57. The molecule has 0 atom stereocenters. The molecule has 1 N–H and O–H groups in total. The van der Waals surface area contributed by atoms with Gasteiger partial charge in [-0.05, 0) is 36.6 Å². The minimum Gasteiger partial charge on any atom is -0.384 e. The van der Waals surface area contributed by atoms with Crippen LogP contribution in [0.2, 0.25) is 5.02 Å². The molecule has 2 aromatic carbocycles. The first-order valence-corrected chi connectivity index (χ1v) is 9.51. The predicted octanol–water partition coefficient (Wildman–Crippen LogP) is 3.70. The molecule has 0 spiro atoms. The van der Waals surface area contributed by atoms with Crippen molar-refractivity contribution in [2.24, 2.45) is 0 Å². The van der Waals surface area contributed by atoms with Crippen LogP contribution in [0.5, 0.6) is 0 Å². The Morgan fingerprint density at radius 1 is 1.21 bits per heavy atom. The van der Waals surface area contributed by atoms with E-state index in [-0.39, 0.29) is 10.6 Å². The maximum Gasteiger partial charge on any atom is 0.270 e. The van der Waals surface area contributed by atoms with Gasteiger partial charge in [0.25, 0.3) is 5.69 Å². The summed E-state index contributed by atoms with van der Waals surface area (Å²) in [5.74, 6) is 0. The molecule has 0 aliphatic carbocycles. The van der Waals surface area contributed by atoms with Crippen LogP contribution >= 0.6 is 11.6 Å². The average Bonchev–Trinajstić information content (AvgIpc) is 2.50. The molecule has 6 nitrogen and oxygen atoms in total. The van der Waals surface area contributed by atoms with Crippen LogP contribution in [-0.2, 0) is 16.3 Å². The van der Waals surface area contributed by atoms with Crippen molar-refractivity contribution in [3.63, 3.8) is 0 Å². The van der Waals surface area contributed by atoms with Crippen molar-refractivity contribution in [1.29, 1.82) is 0 Å². The van der Waals surface area contributed by atoms with E-state index in [1.165, 1.54) is 12.1 Å². The molecule has 0 amide bonds. The Hall–Kier alpha value is -2.12. The summed E-state index contributed by atoms with van der Waals surface area (Å²) in [6, 6.07) is 11.3. The maximum absolute atomic E-state index is 11.8. The first-order chi connectivity index (χ1) is 11.3. The number of non-ortho nitro benzene ring substituents is 1. The Balaban J connectivity index is 2.05. The van der Waals surface area contributed by atoms with Crippen LogP contribution in [0.15, 0.2) is 47.4 Å². The van der Waals surface area contributed by atoms with Crippen molar-refractivity contribution in [3.05, 3.63) is 63.2 Å². The summed E-state index contributed by atoms with van der Waals surface area (Å²) in [5, 5.41) is 14.5. The molecular weight excluding hydrogens is 352 g/mol. The number of nitro benzene ring substituents is 1. The number of halogens is 1. The van der Waals surface area contributed by atoms with Gasteiger partial charge in [0.15, 0.2) is 9.84 Å². The zero-order chi connectivity index (χ0) is 17.7. The predicted molar refractivity (Wildman–Crippen MR) is 94.5 cm³/mol. The van der Waals surface area contributed by atoms with Crippen LogP contribution in [0.4, 0.5) is 11.4 Å². The second-order valence-electron chi connectivity index (χ2n) is 5.37. The summed E-state index contributed by atoms with van der Waals surface area (Å²) in [7, 11) is -3.57. The number of nitrogens with zero attached hydrogens (tertiary/aromatic N) is 1. The Morgan fingerprint density at radius 3 is 2.58 bits per heavy atom. The highest BCUT2D eigenvalue weighted by Gasteiger charge is 2.18. The smallest absolute Gasteiger partial charge is 0.270 e. The first-order valence-electron chi connectivity index (χ1n) is 7.24. The van der Waals surface area contributed by atoms with Gasteiger partial charge in [-0.1, -0.05) is 23.7 Å². The van der Waals surface area contributed by atoms with Crippen LogP contribution < -0.4 is 5.32 Å². The van der Waals surface area contributed by atoms with Crippen LogP contribution in [-0.4, -0.2) is 26.1 Å². The standard InChI is InChI=1S/C16H17ClN2O4S/c1-24(22,23)16-11-14(19(20)21)7-8-15(16)18-9-3-5-12-4-2-6-13(17)10-12/h2,4,6-8,10-11,18H,3,5,9H2,1H3. The fourth-order valence-electron chi connectivity index (χ4n) is 2.29. The number of hydrogen-bond donors (Lipinski definition) is 1. The van der Waals surface area contributed by atoms with E-state index < -0.39 is 14.8 Å². The van der Waals surface area contributed by atoms with Crippen molar-refractivity contribution in [3.8, 4) is 0 Å². The second-order valence-corrected chi connectivity index (χ2v) is 7.79. The van der Waals surface area contributed by atoms with E-state index in [0.29, 0.717) is 17.3 Å². The van der Waals surface area contributed by atoms with E-state index in [2.05, 4.69) is 5.32 Å². The summed E-state index contributed by atoms with van der Waals surface area (Å²) in [4.78, 5) is 10.1. The molecule has 0 unspecified atom stereocenters. The van der Waals surface area contributed by atoms with E-state index >= 15 is 0 Å². The summed E-state index contributed by atoms with van der Waals surface area (Å²) < 4.78 is 23.7. The highest BCUT2D eigenvalue weighted by atomic mass is 35.5. The second kappa shape index (κ2) is 7.63. The van der Waals surface area contributed by atoms with Crippen LogP contribution in [0.25, 0.3) is 0 Å². The van der Waals surface area contributed by atoms with Gasteiger partial charge in [-0.2, -0.15) is 0 Å². The molecule has 0 saturated carbocycles. The molecule has 0 saturated heterocycles. The largest absolute Gasteiger partial charge is 0.384 e. The summed E-state index contributed by atoms with van der Waals surface area (Å²) >= 11 is 5.93. The number of sulfone groups is 1. The third kappa shape index (κ3) is 4.94. The zero-order valence-electron chi connectivity index (χ0n) is 13.0. The van der Waals surface area contributed by atoms with Crippen molar-refractivity contribution in [2.45, 2.75) is 17.7 Å². The van der Waals surface area contributed by atoms with Gasteiger partial charge >= 0.3 is 0 Å². The van der Waals surface area contributed by atoms with Gasteiger partial charge in [0.2, 0.25) is 0 Å². The van der Waals surface area contributed by atoms with Gasteiger partial charge in [0, 0.05) is 30.0 Å². The van der Waals surface area contributed by atoms with Crippen molar-refractivity contribution < 1.29 is 13.3 Å². The van der Waals surface area contributed by atoms with E-state index in [0.717, 1.165) is 30.7 Å². The van der Waals surface area contributed by atoms with Gasteiger partial charge < -0.3 is 5.32 Å². The Bertz CT molecular complexity index is 853. The van der Waals surface area contributed by atoms with E-state index in [9.17, 15) is 18.5 Å². The molecule has 128 valence electrons. The lowest BCUT2D eigenvalue weighted by molar-refractivity contribution is -0.385. The first kappa shape index (κ1) is 18.2. The number of hydrogen-bond acceptors (Lipinski definition) is 5. The number of benzene rings is 2. The molecular formula is C16H17ClN2O4S. The molecule has 8 heteroatoms. The van der Waals surface area contributed by atoms with E-state index in [4.69, 9.17) is 11.6 Å². The van der Waals surface area contributed by atoms with Crippen molar-refractivity contribution in [2.75, 3.05) is 18.1 Å². The molecule has 0 aromatic heterocycles. The monoisotopic (exact) mass is 368 g/mol. The average molecular weight is 369 g/mol. The lowest BCUT2D eigenvalue weighted by atomic mass is 10.1. The fraction of sp³-hybridized carbons (Fsp3) is 0.250. The lowest BCUT2D eigenvalue weighted by Gasteiger charge is -2.11. The summed E-state index contributed by atoms with van der Waals surface area (Å²) in [5.41, 5.74) is 1.21. The van der Waals surface area contributed by atoms with E-state index in [1.54, 1.807) is 6.07 Å². The number of aryl methyl sites for hydroxylation is 1. The molecule has 24 heavy (non-hydrogen) atoms. The Kier molecular flexibility index (Phi) is 5.80. The summed E-state index contributed by atoms with van der Waals surface area (Å²) in [6.07, 6.45) is 2.58. The molecule has 0 bridgehead atoms. The normalized spacial score (nSPS) is 11.2. The summed E-state index contributed by atoms with van der Waals surface area (Å²) in [6.45, 7) is 0.535. The Labute approximate surface area is 145 Å². The van der Waals surface area contributed by atoms with Crippen molar-refractivity contribution >= 4 is 32.8 Å². The van der Waals surface area contributed by atoms with Gasteiger partial charge in [-0.25, -0.2) is 8.42 Å². The molecule has 0 aliphatic heterocycles. The molecule has 0 aliphatic rings. The highest BCUT2D eigenvalue weighted by Crippen LogP contribution is 2.26. The minimum absolute atomic E-state index is 0.0699.